The Morgan fingerprint density at radius 3 is 2.59 bits per heavy atom. The minimum absolute atomic E-state index is 0.237. The zero-order valence-corrected chi connectivity index (χ0v) is 27.8. The van der Waals surface area contributed by atoms with Crippen LogP contribution in [0.15, 0.2) is 43.1 Å². The van der Waals surface area contributed by atoms with Gasteiger partial charge < -0.3 is 34.8 Å². The second kappa shape index (κ2) is 13.3. The van der Waals surface area contributed by atoms with Crippen LogP contribution >= 0.6 is 0 Å². The van der Waals surface area contributed by atoms with Crippen molar-refractivity contribution >= 4 is 46.4 Å². The van der Waals surface area contributed by atoms with E-state index in [1.165, 1.54) is 18.7 Å². The van der Waals surface area contributed by atoms with Gasteiger partial charge in [-0.3, -0.25) is 9.78 Å². The van der Waals surface area contributed by atoms with Crippen LogP contribution in [0.4, 0.5) is 34.5 Å². The normalized spacial score (nSPS) is 15.2. The Kier molecular flexibility index (Phi) is 9.47. The van der Waals surface area contributed by atoms with Gasteiger partial charge in [0.25, 0.3) is 0 Å². The summed E-state index contributed by atoms with van der Waals surface area (Å²) in [6, 6.07) is 7.63. The van der Waals surface area contributed by atoms with Crippen molar-refractivity contribution in [3.63, 3.8) is 0 Å². The first kappa shape index (κ1) is 32.7. The molecule has 12 heteroatoms. The van der Waals surface area contributed by atoms with Crippen LogP contribution in [-0.2, 0) is 14.9 Å². The molecule has 5 rings (SSSR count). The number of aryl methyl sites for hydroxylation is 1. The first-order chi connectivity index (χ1) is 21.9. The van der Waals surface area contributed by atoms with Crippen LogP contribution < -0.4 is 25.2 Å². The fourth-order valence-corrected chi connectivity index (χ4v) is 5.64. The molecule has 244 valence electrons. The smallest absolute Gasteiger partial charge is 0.343 e. The number of hydrogen-bond acceptors (Lipinski definition) is 11. The van der Waals surface area contributed by atoms with Crippen LogP contribution in [0.5, 0.6) is 5.75 Å². The molecular formula is C34H44N8O4. The van der Waals surface area contributed by atoms with Gasteiger partial charge in [0.2, 0.25) is 11.9 Å². The van der Waals surface area contributed by atoms with Gasteiger partial charge in [-0.1, -0.05) is 20.4 Å². The molecule has 0 aliphatic carbocycles. The number of nitrogens with one attached hydrogen (secondary N) is 2. The predicted octanol–water partition coefficient (Wildman–Crippen LogP) is 5.19. The van der Waals surface area contributed by atoms with Crippen molar-refractivity contribution in [3.05, 3.63) is 60.1 Å². The average Bonchev–Trinajstić information content (AvgIpc) is 3.25. The summed E-state index contributed by atoms with van der Waals surface area (Å²) in [6.45, 7) is 17.9. The lowest BCUT2D eigenvalue weighted by atomic mass is 9.91. The first-order valence-corrected chi connectivity index (χ1v) is 15.6. The third-order valence-electron chi connectivity index (χ3n) is 8.20. The highest BCUT2D eigenvalue weighted by Gasteiger charge is 2.39. The molecule has 2 aromatic heterocycles. The SMILES string of the molecule is C=CC(=O)Nc1cc(Nc2ncc(C(=O)OC(C)C)c(N3CC(C)(C)c4nc(C)ccc43)n2)c(OC)cc1N(C)CCN1CCC1. The Balaban J connectivity index is 1.54. The number of hydrogen-bond donors (Lipinski definition) is 2. The van der Waals surface area contributed by atoms with E-state index in [1.807, 2.05) is 37.1 Å². The molecule has 0 unspecified atom stereocenters. The van der Waals surface area contributed by atoms with Gasteiger partial charge in [-0.15, -0.1) is 0 Å². The van der Waals surface area contributed by atoms with Crippen molar-refractivity contribution in [2.45, 2.75) is 52.6 Å². The first-order valence-electron chi connectivity index (χ1n) is 15.6. The van der Waals surface area contributed by atoms with E-state index in [0.717, 1.165) is 48.9 Å². The Morgan fingerprint density at radius 1 is 1.17 bits per heavy atom. The van der Waals surface area contributed by atoms with Crippen molar-refractivity contribution in [2.24, 2.45) is 0 Å². The Labute approximate surface area is 270 Å². The number of carbonyl (C=O) groups is 2. The van der Waals surface area contributed by atoms with Crippen molar-refractivity contribution in [2.75, 3.05) is 67.3 Å². The molecule has 2 N–H and O–H groups in total. The molecule has 0 radical (unpaired) electrons. The lowest BCUT2D eigenvalue weighted by molar-refractivity contribution is -0.111. The number of esters is 1. The number of likely N-dealkylation sites (tertiary alicyclic amines) is 1. The van der Waals surface area contributed by atoms with Crippen LogP contribution in [0, 0.1) is 6.92 Å². The number of pyridine rings is 1. The standard InChI is InChI=1S/C34H44N8O4/c1-9-29(43)37-24-17-25(28(45-8)18-27(24)40(7)15-16-41-13-10-14-41)38-33-35-19-23(32(44)46-21(2)3)31(39-33)42-20-34(5,6)30-26(42)12-11-22(4)36-30/h9,11-12,17-19,21H,1,10,13-16,20H2,2-8H3,(H,37,43)(H,35,38,39). The van der Waals surface area contributed by atoms with E-state index in [-0.39, 0.29) is 28.9 Å². The topological polar surface area (TPSA) is 125 Å². The van der Waals surface area contributed by atoms with Crippen molar-refractivity contribution < 1.29 is 19.1 Å². The molecule has 1 amide bonds. The number of fused-ring (bicyclic) bond motifs is 1. The molecule has 2 aliphatic heterocycles. The number of nitrogens with zero attached hydrogens (tertiary/aromatic N) is 6. The summed E-state index contributed by atoms with van der Waals surface area (Å²) in [6.07, 6.45) is 3.62. The lowest BCUT2D eigenvalue weighted by Crippen LogP contribution is -2.42. The minimum Gasteiger partial charge on any atom is -0.494 e. The fourth-order valence-electron chi connectivity index (χ4n) is 5.64. The van der Waals surface area contributed by atoms with E-state index < -0.39 is 5.97 Å². The van der Waals surface area contributed by atoms with E-state index in [2.05, 4.69) is 45.8 Å². The maximum absolute atomic E-state index is 13.3. The van der Waals surface area contributed by atoms with Crippen LogP contribution in [0.3, 0.4) is 0 Å². The molecule has 2 aliphatic rings. The van der Waals surface area contributed by atoms with Gasteiger partial charge in [-0.25, -0.2) is 9.78 Å². The molecule has 3 aromatic rings. The third kappa shape index (κ3) is 6.91. The maximum atomic E-state index is 13.3. The number of likely N-dealkylation sites (N-methyl/N-ethyl adjacent to an activating group) is 1. The molecule has 1 aromatic carbocycles. The van der Waals surface area contributed by atoms with Gasteiger partial charge in [0.05, 0.1) is 41.7 Å². The molecule has 12 nitrogen and oxygen atoms in total. The summed E-state index contributed by atoms with van der Waals surface area (Å²) < 4.78 is 11.4. The Bertz CT molecular complexity index is 1640. The van der Waals surface area contributed by atoms with E-state index in [4.69, 9.17) is 19.4 Å². The Morgan fingerprint density at radius 2 is 1.93 bits per heavy atom. The quantitative estimate of drug-likeness (QED) is 0.203. The molecule has 1 fully saturated rings. The second-order valence-electron chi connectivity index (χ2n) is 12.7. The predicted molar refractivity (Wildman–Crippen MR) is 181 cm³/mol. The van der Waals surface area contributed by atoms with Crippen molar-refractivity contribution in [1.29, 1.82) is 0 Å². The highest BCUT2D eigenvalue weighted by Crippen LogP contribution is 2.44. The van der Waals surface area contributed by atoms with E-state index in [1.54, 1.807) is 27.0 Å². The lowest BCUT2D eigenvalue weighted by Gasteiger charge is -2.33. The summed E-state index contributed by atoms with van der Waals surface area (Å²) in [5.41, 5.74) is 4.58. The number of carbonyl (C=O) groups excluding carboxylic acids is 2. The van der Waals surface area contributed by atoms with E-state index in [0.29, 0.717) is 29.5 Å². The zero-order chi connectivity index (χ0) is 33.2. The maximum Gasteiger partial charge on any atom is 0.343 e. The number of ether oxygens (including phenoxy) is 2. The number of rotatable bonds is 12. The van der Waals surface area contributed by atoms with E-state index >= 15 is 0 Å². The van der Waals surface area contributed by atoms with Crippen LogP contribution in [0.2, 0.25) is 0 Å². The van der Waals surface area contributed by atoms with Gasteiger partial charge in [0.1, 0.15) is 11.3 Å². The van der Waals surface area contributed by atoms with Gasteiger partial charge in [-0.2, -0.15) is 4.98 Å². The molecule has 4 heterocycles. The van der Waals surface area contributed by atoms with Crippen LogP contribution in [0.25, 0.3) is 0 Å². The molecule has 1 saturated heterocycles. The summed E-state index contributed by atoms with van der Waals surface area (Å²) in [7, 11) is 3.57. The number of benzene rings is 1. The van der Waals surface area contributed by atoms with E-state index in [9.17, 15) is 9.59 Å². The molecular weight excluding hydrogens is 584 g/mol. The van der Waals surface area contributed by atoms with Crippen LogP contribution in [0.1, 0.15) is 55.9 Å². The van der Waals surface area contributed by atoms with Crippen molar-refractivity contribution in [3.8, 4) is 5.75 Å². The van der Waals surface area contributed by atoms with Gasteiger partial charge in [0, 0.05) is 50.1 Å². The van der Waals surface area contributed by atoms with Gasteiger partial charge >= 0.3 is 5.97 Å². The zero-order valence-electron chi connectivity index (χ0n) is 27.8. The number of anilines is 6. The Hall–Kier alpha value is -4.71. The number of aromatic nitrogens is 3. The molecule has 0 bridgehead atoms. The second-order valence-corrected chi connectivity index (χ2v) is 12.7. The molecule has 0 saturated carbocycles. The number of amides is 1. The average molecular weight is 629 g/mol. The summed E-state index contributed by atoms with van der Waals surface area (Å²) in [4.78, 5) is 46.4. The third-order valence-corrected chi connectivity index (χ3v) is 8.20. The summed E-state index contributed by atoms with van der Waals surface area (Å²) >= 11 is 0. The van der Waals surface area contributed by atoms with Crippen LogP contribution in [-0.4, -0.2) is 84.7 Å². The monoisotopic (exact) mass is 628 g/mol. The van der Waals surface area contributed by atoms with Crippen molar-refractivity contribution in [1.82, 2.24) is 19.9 Å². The minimum atomic E-state index is -0.513. The largest absolute Gasteiger partial charge is 0.494 e. The highest BCUT2D eigenvalue weighted by atomic mass is 16.5. The van der Waals surface area contributed by atoms with Gasteiger partial charge in [-0.05, 0) is 64.6 Å². The number of methoxy groups -OCH3 is 1. The molecule has 0 spiro atoms. The summed E-state index contributed by atoms with van der Waals surface area (Å²) in [5.74, 6) is 0.325. The fraction of sp³-hybridized carbons (Fsp3) is 0.441. The van der Waals surface area contributed by atoms with Gasteiger partial charge in [0.15, 0.2) is 5.82 Å². The summed E-state index contributed by atoms with van der Waals surface area (Å²) in [5, 5.41) is 6.20. The highest BCUT2D eigenvalue weighted by molar-refractivity contribution is 6.02. The molecule has 46 heavy (non-hydrogen) atoms. The molecule has 0 atom stereocenters.